The van der Waals surface area contributed by atoms with E-state index in [4.69, 9.17) is 10.2 Å². The molecule has 2 nitrogen and oxygen atoms in total. The molecule has 0 spiro atoms. The minimum atomic E-state index is -1.67. The molecule has 15 heavy (non-hydrogen) atoms. The van der Waals surface area contributed by atoms with Gasteiger partial charge in [0.15, 0.2) is 8.32 Å². The number of rotatable bonds is 6. The van der Waals surface area contributed by atoms with Crippen LogP contribution in [0.25, 0.3) is 0 Å². The molecule has 0 aliphatic rings. The molecule has 0 bridgehead atoms. The van der Waals surface area contributed by atoms with Crippen molar-refractivity contribution in [3.05, 3.63) is 0 Å². The van der Waals surface area contributed by atoms with Gasteiger partial charge in [-0.25, -0.2) is 0 Å². The van der Waals surface area contributed by atoms with Crippen LogP contribution in [-0.4, -0.2) is 21.0 Å². The van der Waals surface area contributed by atoms with E-state index >= 15 is 0 Å². The maximum atomic E-state index is 6.29. The zero-order chi connectivity index (χ0) is 12.2. The monoisotopic (exact) mass is 231 g/mol. The van der Waals surface area contributed by atoms with E-state index in [2.05, 4.69) is 41.5 Å². The normalized spacial score (nSPS) is 15.4. The van der Waals surface area contributed by atoms with Crippen LogP contribution in [0.4, 0.5) is 0 Å². The second-order valence-electron chi connectivity index (χ2n) is 5.61. The van der Waals surface area contributed by atoms with Crippen LogP contribution in [0.5, 0.6) is 0 Å². The molecule has 2 N–H and O–H groups in total. The fourth-order valence-corrected chi connectivity index (χ4v) is 8.33. The lowest BCUT2D eigenvalue weighted by Crippen LogP contribution is -2.49. The number of hydrogen-bond donors (Lipinski definition) is 1. The minimum Gasteiger partial charge on any atom is -0.414 e. The molecule has 0 aliphatic heterocycles. The van der Waals surface area contributed by atoms with E-state index in [0.717, 1.165) is 0 Å². The summed E-state index contributed by atoms with van der Waals surface area (Å²) in [5.41, 5.74) is 7.75. The Morgan fingerprint density at radius 2 is 1.20 bits per heavy atom. The standard InChI is InChI=1S/C12H29NOSi/c1-9(2)15(10(3)4,11(5)6)14-8-12(7)13/h9-12H,8,13H2,1-7H3. The van der Waals surface area contributed by atoms with Crippen LogP contribution in [0.3, 0.4) is 0 Å². The smallest absolute Gasteiger partial charge is 0.200 e. The topological polar surface area (TPSA) is 35.2 Å². The third kappa shape index (κ3) is 3.57. The second kappa shape index (κ2) is 6.02. The van der Waals surface area contributed by atoms with Gasteiger partial charge in [-0.15, -0.1) is 0 Å². The highest BCUT2D eigenvalue weighted by molar-refractivity contribution is 6.77. The Morgan fingerprint density at radius 3 is 1.40 bits per heavy atom. The summed E-state index contributed by atoms with van der Waals surface area (Å²) in [6.45, 7) is 16.5. The van der Waals surface area contributed by atoms with Crippen molar-refractivity contribution in [1.82, 2.24) is 0 Å². The van der Waals surface area contributed by atoms with E-state index in [-0.39, 0.29) is 6.04 Å². The summed E-state index contributed by atoms with van der Waals surface area (Å²) in [7, 11) is -1.67. The molecule has 92 valence electrons. The van der Waals surface area contributed by atoms with Crippen molar-refractivity contribution < 1.29 is 4.43 Å². The lowest BCUT2D eigenvalue weighted by atomic mass is 10.4. The van der Waals surface area contributed by atoms with Gasteiger partial charge in [-0.2, -0.15) is 0 Å². The third-order valence-corrected chi connectivity index (χ3v) is 9.38. The van der Waals surface area contributed by atoms with Crippen LogP contribution in [0.15, 0.2) is 0 Å². The maximum Gasteiger partial charge on any atom is 0.200 e. The molecule has 0 fully saturated rings. The van der Waals surface area contributed by atoms with Crippen LogP contribution in [0.1, 0.15) is 48.5 Å². The quantitative estimate of drug-likeness (QED) is 0.710. The molecular formula is C12H29NOSi. The van der Waals surface area contributed by atoms with Gasteiger partial charge in [-0.3, -0.25) is 0 Å². The maximum absolute atomic E-state index is 6.29. The lowest BCUT2D eigenvalue weighted by molar-refractivity contribution is 0.260. The van der Waals surface area contributed by atoms with E-state index in [9.17, 15) is 0 Å². The summed E-state index contributed by atoms with van der Waals surface area (Å²) in [5.74, 6) is 0. The first kappa shape index (κ1) is 15.1. The fraction of sp³-hybridized carbons (Fsp3) is 1.00. The summed E-state index contributed by atoms with van der Waals surface area (Å²) >= 11 is 0. The van der Waals surface area contributed by atoms with E-state index < -0.39 is 8.32 Å². The molecule has 0 aromatic rings. The number of nitrogens with two attached hydrogens (primary N) is 1. The van der Waals surface area contributed by atoms with Gasteiger partial charge in [0, 0.05) is 12.6 Å². The van der Waals surface area contributed by atoms with Crippen molar-refractivity contribution in [2.45, 2.75) is 71.1 Å². The van der Waals surface area contributed by atoms with Gasteiger partial charge in [0.05, 0.1) is 0 Å². The zero-order valence-corrected chi connectivity index (χ0v) is 12.5. The Kier molecular flexibility index (Phi) is 6.07. The van der Waals surface area contributed by atoms with E-state index in [0.29, 0.717) is 23.2 Å². The van der Waals surface area contributed by atoms with Crippen molar-refractivity contribution in [1.29, 1.82) is 0 Å². The largest absolute Gasteiger partial charge is 0.414 e. The average Bonchev–Trinajstić information content (AvgIpc) is 2.02. The number of hydrogen-bond acceptors (Lipinski definition) is 2. The van der Waals surface area contributed by atoms with Crippen LogP contribution >= 0.6 is 0 Å². The highest BCUT2D eigenvalue weighted by Crippen LogP contribution is 2.42. The van der Waals surface area contributed by atoms with E-state index in [1.807, 2.05) is 6.92 Å². The Labute approximate surface area is 96.7 Å². The van der Waals surface area contributed by atoms with E-state index in [1.54, 1.807) is 0 Å². The average molecular weight is 231 g/mol. The molecule has 0 radical (unpaired) electrons. The first-order chi connectivity index (χ1) is 6.75. The lowest BCUT2D eigenvalue weighted by Gasteiger charge is -2.42. The molecule has 0 saturated carbocycles. The van der Waals surface area contributed by atoms with Gasteiger partial charge in [-0.1, -0.05) is 41.5 Å². The summed E-state index contributed by atoms with van der Waals surface area (Å²) < 4.78 is 6.29. The van der Waals surface area contributed by atoms with Gasteiger partial charge >= 0.3 is 0 Å². The van der Waals surface area contributed by atoms with Crippen molar-refractivity contribution in [3.8, 4) is 0 Å². The van der Waals surface area contributed by atoms with Gasteiger partial charge in [0.25, 0.3) is 0 Å². The van der Waals surface area contributed by atoms with Gasteiger partial charge in [0.2, 0.25) is 0 Å². The predicted molar refractivity (Wildman–Crippen MR) is 70.6 cm³/mol. The highest BCUT2D eigenvalue weighted by atomic mass is 28.4. The Bertz CT molecular complexity index is 157. The Morgan fingerprint density at radius 1 is 0.867 bits per heavy atom. The summed E-state index contributed by atoms with van der Waals surface area (Å²) in [6.07, 6.45) is 0. The first-order valence-corrected chi connectivity index (χ1v) is 8.28. The van der Waals surface area contributed by atoms with Crippen LogP contribution in [0, 0.1) is 0 Å². The van der Waals surface area contributed by atoms with Crippen LogP contribution in [-0.2, 0) is 4.43 Å². The molecule has 0 aromatic heterocycles. The molecule has 0 amide bonds. The van der Waals surface area contributed by atoms with Crippen LogP contribution < -0.4 is 5.73 Å². The van der Waals surface area contributed by atoms with Gasteiger partial charge in [-0.05, 0) is 23.5 Å². The minimum absolute atomic E-state index is 0.146. The summed E-state index contributed by atoms with van der Waals surface area (Å²) in [4.78, 5) is 0. The highest BCUT2D eigenvalue weighted by Gasteiger charge is 2.44. The fourth-order valence-electron chi connectivity index (χ4n) is 2.78. The summed E-state index contributed by atoms with van der Waals surface area (Å²) in [6, 6.07) is 0.146. The predicted octanol–water partition coefficient (Wildman–Crippen LogP) is 3.53. The molecule has 0 rings (SSSR count). The van der Waals surface area contributed by atoms with E-state index in [1.165, 1.54) is 0 Å². The van der Waals surface area contributed by atoms with Crippen molar-refractivity contribution in [3.63, 3.8) is 0 Å². The van der Waals surface area contributed by atoms with Crippen molar-refractivity contribution in [2.24, 2.45) is 5.73 Å². The molecular weight excluding hydrogens is 202 g/mol. The summed E-state index contributed by atoms with van der Waals surface area (Å²) in [5, 5.41) is 0. The molecule has 0 saturated heterocycles. The third-order valence-electron chi connectivity index (χ3n) is 3.30. The van der Waals surface area contributed by atoms with Gasteiger partial charge in [0.1, 0.15) is 0 Å². The molecule has 0 heterocycles. The first-order valence-electron chi connectivity index (χ1n) is 6.14. The van der Waals surface area contributed by atoms with Crippen molar-refractivity contribution >= 4 is 8.32 Å². The van der Waals surface area contributed by atoms with Crippen molar-refractivity contribution in [2.75, 3.05) is 6.61 Å². The molecule has 3 heteroatoms. The molecule has 0 aromatic carbocycles. The Hall–Kier alpha value is 0.137. The Balaban J connectivity index is 4.80. The zero-order valence-electron chi connectivity index (χ0n) is 11.5. The van der Waals surface area contributed by atoms with Crippen LogP contribution in [0.2, 0.25) is 16.6 Å². The molecule has 0 aliphatic carbocycles. The second-order valence-corrected chi connectivity index (χ2v) is 11.1. The van der Waals surface area contributed by atoms with Gasteiger partial charge < -0.3 is 10.2 Å². The SMILES string of the molecule is CC(N)CO[Si](C(C)C)(C(C)C)C(C)C. The molecule has 1 atom stereocenters. The molecule has 1 unspecified atom stereocenters.